The van der Waals surface area contributed by atoms with Crippen LogP contribution in [0.15, 0.2) is 58.5 Å². The molecule has 0 unspecified atom stereocenters. The third-order valence-corrected chi connectivity index (χ3v) is 5.47. The Labute approximate surface area is 160 Å². The Balaban J connectivity index is 1.83. The second kappa shape index (κ2) is 6.94. The molecule has 0 saturated carbocycles. The van der Waals surface area contributed by atoms with Crippen molar-refractivity contribution in [3.8, 4) is 5.88 Å². The summed E-state index contributed by atoms with van der Waals surface area (Å²) in [6.45, 7) is 2.58. The van der Waals surface area contributed by atoms with Gasteiger partial charge in [0.05, 0.1) is 21.3 Å². The van der Waals surface area contributed by atoms with E-state index in [1.165, 1.54) is 11.3 Å². The number of aromatic nitrogens is 1. The number of aliphatic imine (C=N–C) groups is 1. The predicted octanol–water partition coefficient (Wildman–Crippen LogP) is 5.42. The second-order valence-corrected chi connectivity index (χ2v) is 7.17. The highest BCUT2D eigenvalue weighted by Crippen LogP contribution is 2.34. The maximum atomic E-state index is 10.7. The minimum atomic E-state index is 0.202. The SMILES string of the molecule is CCn1c(O)c(/C=C2\C=Nc3ccccc32)sc1=Nc1ccccc1Cl. The molecule has 0 fully saturated rings. The molecule has 0 bridgehead atoms. The number of allylic oxidation sites excluding steroid dienone is 1. The first-order chi connectivity index (χ1) is 12.7. The van der Waals surface area contributed by atoms with Crippen LogP contribution in [0.4, 0.5) is 11.4 Å². The van der Waals surface area contributed by atoms with Crippen molar-refractivity contribution in [3.05, 3.63) is 68.8 Å². The molecule has 3 aromatic rings. The van der Waals surface area contributed by atoms with Crippen LogP contribution in [0.25, 0.3) is 11.6 Å². The van der Waals surface area contributed by atoms with Gasteiger partial charge in [0.2, 0.25) is 5.88 Å². The Hall–Kier alpha value is -2.63. The number of benzene rings is 2. The Bertz CT molecular complexity index is 1110. The van der Waals surface area contributed by atoms with Crippen LogP contribution in [-0.2, 0) is 6.54 Å². The molecule has 0 atom stereocenters. The van der Waals surface area contributed by atoms with Crippen LogP contribution >= 0.6 is 22.9 Å². The number of aromatic hydroxyl groups is 1. The lowest BCUT2D eigenvalue weighted by molar-refractivity contribution is 0.416. The van der Waals surface area contributed by atoms with E-state index < -0.39 is 0 Å². The maximum Gasteiger partial charge on any atom is 0.211 e. The van der Waals surface area contributed by atoms with Gasteiger partial charge < -0.3 is 5.11 Å². The molecule has 130 valence electrons. The third-order valence-electron chi connectivity index (χ3n) is 4.14. The predicted molar refractivity (Wildman–Crippen MR) is 109 cm³/mol. The lowest BCUT2D eigenvalue weighted by Gasteiger charge is -2.01. The van der Waals surface area contributed by atoms with Crippen LogP contribution in [0.3, 0.4) is 0 Å². The van der Waals surface area contributed by atoms with Gasteiger partial charge in [0.1, 0.15) is 0 Å². The summed E-state index contributed by atoms with van der Waals surface area (Å²) in [5, 5.41) is 11.2. The van der Waals surface area contributed by atoms with Crippen molar-refractivity contribution in [2.45, 2.75) is 13.5 Å². The maximum absolute atomic E-state index is 10.7. The molecule has 0 saturated heterocycles. The number of hydrogen-bond donors (Lipinski definition) is 1. The average Bonchev–Trinajstić information content (AvgIpc) is 3.19. The molecule has 4 nitrogen and oxygen atoms in total. The van der Waals surface area contributed by atoms with Gasteiger partial charge >= 0.3 is 0 Å². The number of rotatable bonds is 3. The highest BCUT2D eigenvalue weighted by Gasteiger charge is 2.15. The van der Waals surface area contributed by atoms with Crippen molar-refractivity contribution < 1.29 is 5.11 Å². The van der Waals surface area contributed by atoms with Crippen LogP contribution in [0, 0.1) is 0 Å². The van der Waals surface area contributed by atoms with E-state index in [9.17, 15) is 5.11 Å². The van der Waals surface area contributed by atoms with E-state index in [0.717, 1.165) is 21.7 Å². The fourth-order valence-corrected chi connectivity index (χ4v) is 4.06. The quantitative estimate of drug-likeness (QED) is 0.647. The topological polar surface area (TPSA) is 49.9 Å². The zero-order chi connectivity index (χ0) is 18.1. The van der Waals surface area contributed by atoms with Gasteiger partial charge in [-0.2, -0.15) is 0 Å². The van der Waals surface area contributed by atoms with Gasteiger partial charge in [-0.1, -0.05) is 53.3 Å². The summed E-state index contributed by atoms with van der Waals surface area (Å²) >= 11 is 7.65. The largest absolute Gasteiger partial charge is 0.493 e. The molecule has 1 aliphatic heterocycles. The molecular weight excluding hydrogens is 366 g/mol. The first kappa shape index (κ1) is 16.8. The first-order valence-electron chi connectivity index (χ1n) is 8.24. The summed E-state index contributed by atoms with van der Waals surface area (Å²) < 4.78 is 1.78. The summed E-state index contributed by atoms with van der Waals surface area (Å²) in [5.74, 6) is 0.202. The van der Waals surface area contributed by atoms with Gasteiger partial charge in [0.25, 0.3) is 0 Å². The number of thiazole rings is 1. The fourth-order valence-electron chi connectivity index (χ4n) is 2.83. The van der Waals surface area contributed by atoms with E-state index in [-0.39, 0.29) is 5.88 Å². The van der Waals surface area contributed by atoms with Crippen molar-refractivity contribution in [3.63, 3.8) is 0 Å². The van der Waals surface area contributed by atoms with Crippen molar-refractivity contribution in [1.29, 1.82) is 0 Å². The molecular formula is C20H16ClN3OS. The highest BCUT2D eigenvalue weighted by atomic mass is 35.5. The molecule has 1 aliphatic rings. The van der Waals surface area contributed by atoms with E-state index in [1.54, 1.807) is 10.6 Å². The molecule has 0 aliphatic carbocycles. The molecule has 26 heavy (non-hydrogen) atoms. The summed E-state index contributed by atoms with van der Waals surface area (Å²) in [5.41, 5.74) is 3.67. The van der Waals surface area contributed by atoms with Crippen molar-refractivity contribution in [2.75, 3.05) is 0 Å². The molecule has 0 amide bonds. The minimum absolute atomic E-state index is 0.202. The Morgan fingerprint density at radius 1 is 1.19 bits per heavy atom. The van der Waals surface area contributed by atoms with E-state index in [2.05, 4.69) is 9.98 Å². The van der Waals surface area contributed by atoms with Gasteiger partial charge in [0.15, 0.2) is 4.80 Å². The van der Waals surface area contributed by atoms with E-state index >= 15 is 0 Å². The molecule has 1 N–H and O–H groups in total. The standard InChI is InChI=1S/C20H16ClN3OS/c1-2-24-19(25)18(11-13-12-22-16-9-5-3-7-14(13)16)26-20(24)23-17-10-6-4-8-15(17)21/h3-12,25H,2H2,1H3/b13-11+,23-20?. The van der Waals surface area contributed by atoms with E-state index in [0.29, 0.717) is 22.1 Å². The normalized spacial score (nSPS) is 15.0. The zero-order valence-corrected chi connectivity index (χ0v) is 15.6. The van der Waals surface area contributed by atoms with E-state index in [1.807, 2.05) is 61.7 Å². The highest BCUT2D eigenvalue weighted by molar-refractivity contribution is 7.10. The van der Waals surface area contributed by atoms with Crippen LogP contribution in [0.1, 0.15) is 17.4 Å². The molecule has 4 rings (SSSR count). The van der Waals surface area contributed by atoms with Gasteiger partial charge in [-0.15, -0.1) is 0 Å². The Kier molecular flexibility index (Phi) is 4.49. The Morgan fingerprint density at radius 3 is 2.77 bits per heavy atom. The third kappa shape index (κ3) is 3.00. The van der Waals surface area contributed by atoms with Crippen molar-refractivity contribution >= 4 is 52.2 Å². The smallest absolute Gasteiger partial charge is 0.211 e. The Morgan fingerprint density at radius 2 is 1.96 bits per heavy atom. The lowest BCUT2D eigenvalue weighted by Crippen LogP contribution is -2.12. The number of halogens is 1. The second-order valence-electron chi connectivity index (χ2n) is 5.75. The molecule has 6 heteroatoms. The number of fused-ring (bicyclic) bond motifs is 1. The van der Waals surface area contributed by atoms with Gasteiger partial charge in [-0.25, -0.2) is 4.99 Å². The fraction of sp³-hybridized carbons (Fsp3) is 0.100. The molecule has 2 aromatic carbocycles. The average molecular weight is 382 g/mol. The van der Waals surface area contributed by atoms with Gasteiger partial charge in [-0.05, 0) is 31.2 Å². The molecule has 0 radical (unpaired) electrons. The minimum Gasteiger partial charge on any atom is -0.493 e. The number of hydrogen-bond acceptors (Lipinski definition) is 4. The summed E-state index contributed by atoms with van der Waals surface area (Å²) in [6.07, 6.45) is 3.78. The number of para-hydroxylation sites is 2. The van der Waals surface area contributed by atoms with Crippen LogP contribution in [0.2, 0.25) is 5.02 Å². The van der Waals surface area contributed by atoms with Crippen LogP contribution in [0.5, 0.6) is 5.88 Å². The van der Waals surface area contributed by atoms with Crippen LogP contribution in [-0.4, -0.2) is 15.9 Å². The summed E-state index contributed by atoms with van der Waals surface area (Å²) in [7, 11) is 0. The summed E-state index contributed by atoms with van der Waals surface area (Å²) in [6, 6.07) is 15.4. The molecule has 2 heterocycles. The van der Waals surface area contributed by atoms with Gasteiger partial charge in [0, 0.05) is 23.9 Å². The molecule has 1 aromatic heterocycles. The molecule has 0 spiro atoms. The monoisotopic (exact) mass is 381 g/mol. The first-order valence-corrected chi connectivity index (χ1v) is 9.44. The van der Waals surface area contributed by atoms with Gasteiger partial charge in [-0.3, -0.25) is 9.56 Å². The van der Waals surface area contributed by atoms with Crippen molar-refractivity contribution in [2.24, 2.45) is 9.98 Å². The summed E-state index contributed by atoms with van der Waals surface area (Å²) in [4.78, 5) is 10.5. The number of nitrogens with zero attached hydrogens (tertiary/aromatic N) is 3. The van der Waals surface area contributed by atoms with Crippen LogP contribution < -0.4 is 4.80 Å². The van der Waals surface area contributed by atoms with E-state index in [4.69, 9.17) is 11.6 Å². The zero-order valence-electron chi connectivity index (χ0n) is 14.1. The van der Waals surface area contributed by atoms with Crippen molar-refractivity contribution in [1.82, 2.24) is 4.57 Å². The lowest BCUT2D eigenvalue weighted by atomic mass is 10.1.